The van der Waals surface area contributed by atoms with Gasteiger partial charge in [-0.15, -0.1) is 0 Å². The average molecular weight is 354 g/mol. The number of amides is 1. The molecule has 0 bridgehead atoms. The monoisotopic (exact) mass is 354 g/mol. The van der Waals surface area contributed by atoms with Crippen LogP contribution in [-0.2, 0) is 16.1 Å². The number of hydrogen-bond donors (Lipinski definition) is 2. The number of nitrogens with one attached hydrogen (secondary N) is 1. The van der Waals surface area contributed by atoms with Crippen molar-refractivity contribution in [1.29, 1.82) is 0 Å². The van der Waals surface area contributed by atoms with Crippen LogP contribution in [0.3, 0.4) is 0 Å². The Kier molecular flexibility index (Phi) is 6.26. The third kappa shape index (κ3) is 4.62. The second-order valence-corrected chi connectivity index (χ2v) is 6.62. The van der Waals surface area contributed by atoms with Crippen LogP contribution in [0.4, 0.5) is 0 Å². The van der Waals surface area contributed by atoms with Gasteiger partial charge < -0.3 is 20.5 Å². The summed E-state index contributed by atoms with van der Waals surface area (Å²) >= 11 is 0. The lowest BCUT2D eigenvalue weighted by atomic mass is 9.92. The zero-order chi connectivity index (χ0) is 18.4. The zero-order valence-electron chi connectivity index (χ0n) is 15.1. The molecule has 1 fully saturated rings. The molecule has 5 nitrogen and oxygen atoms in total. The maximum atomic E-state index is 12.3. The fraction of sp³-hybridized carbons (Fsp3) is 0.381. The smallest absolute Gasteiger partial charge is 0.237 e. The SMILES string of the molecule is COc1cccc(-c2ccc(CNC(=O)C(N)C3CCOCC3)cc2)c1. The molecule has 3 N–H and O–H groups in total. The summed E-state index contributed by atoms with van der Waals surface area (Å²) < 4.78 is 10.6. The van der Waals surface area contributed by atoms with Crippen molar-refractivity contribution in [2.45, 2.75) is 25.4 Å². The highest BCUT2D eigenvalue weighted by molar-refractivity contribution is 5.81. The fourth-order valence-corrected chi connectivity index (χ4v) is 3.21. The molecule has 0 spiro atoms. The highest BCUT2D eigenvalue weighted by Gasteiger charge is 2.26. The Morgan fingerprint density at radius 2 is 1.92 bits per heavy atom. The average Bonchev–Trinajstić information content (AvgIpc) is 2.72. The predicted octanol–water partition coefficient (Wildman–Crippen LogP) is 2.73. The van der Waals surface area contributed by atoms with E-state index in [0.29, 0.717) is 19.8 Å². The Morgan fingerprint density at radius 3 is 2.62 bits per heavy atom. The molecule has 1 heterocycles. The van der Waals surface area contributed by atoms with E-state index in [1.165, 1.54) is 0 Å². The molecule has 26 heavy (non-hydrogen) atoms. The van der Waals surface area contributed by atoms with Gasteiger partial charge in [0.2, 0.25) is 5.91 Å². The zero-order valence-corrected chi connectivity index (χ0v) is 15.1. The van der Waals surface area contributed by atoms with Gasteiger partial charge in [-0.3, -0.25) is 4.79 Å². The minimum Gasteiger partial charge on any atom is -0.497 e. The topological polar surface area (TPSA) is 73.6 Å². The number of ether oxygens (including phenoxy) is 2. The minimum absolute atomic E-state index is 0.0891. The van der Waals surface area contributed by atoms with Crippen molar-refractivity contribution in [2.75, 3.05) is 20.3 Å². The van der Waals surface area contributed by atoms with E-state index in [1.807, 2.05) is 36.4 Å². The maximum Gasteiger partial charge on any atom is 0.237 e. The lowest BCUT2D eigenvalue weighted by Gasteiger charge is -2.26. The molecule has 1 aliphatic rings. The van der Waals surface area contributed by atoms with Crippen LogP contribution in [0.2, 0.25) is 0 Å². The van der Waals surface area contributed by atoms with E-state index in [4.69, 9.17) is 15.2 Å². The summed E-state index contributed by atoms with van der Waals surface area (Å²) in [5, 5.41) is 2.95. The first kappa shape index (κ1) is 18.4. The Balaban J connectivity index is 1.56. The van der Waals surface area contributed by atoms with Gasteiger partial charge in [-0.1, -0.05) is 36.4 Å². The highest BCUT2D eigenvalue weighted by atomic mass is 16.5. The number of rotatable bonds is 6. The van der Waals surface area contributed by atoms with Crippen molar-refractivity contribution in [2.24, 2.45) is 11.7 Å². The van der Waals surface area contributed by atoms with Gasteiger partial charge in [-0.2, -0.15) is 0 Å². The first-order chi connectivity index (χ1) is 12.7. The molecule has 0 aromatic heterocycles. The van der Waals surface area contributed by atoms with Crippen LogP contribution in [0.1, 0.15) is 18.4 Å². The van der Waals surface area contributed by atoms with Gasteiger partial charge in [-0.05, 0) is 47.6 Å². The third-order valence-corrected chi connectivity index (χ3v) is 4.90. The Hall–Kier alpha value is -2.37. The first-order valence-corrected chi connectivity index (χ1v) is 9.02. The summed E-state index contributed by atoms with van der Waals surface area (Å²) in [7, 11) is 1.66. The largest absolute Gasteiger partial charge is 0.497 e. The van der Waals surface area contributed by atoms with E-state index in [-0.39, 0.29) is 11.8 Å². The van der Waals surface area contributed by atoms with Crippen LogP contribution in [0.5, 0.6) is 5.75 Å². The highest BCUT2D eigenvalue weighted by Crippen LogP contribution is 2.24. The summed E-state index contributed by atoms with van der Waals surface area (Å²) in [6.45, 7) is 1.86. The molecule has 0 aliphatic carbocycles. The second kappa shape index (κ2) is 8.83. The Bertz CT molecular complexity index is 724. The molecule has 5 heteroatoms. The van der Waals surface area contributed by atoms with Gasteiger partial charge >= 0.3 is 0 Å². The van der Waals surface area contributed by atoms with E-state index in [0.717, 1.165) is 35.3 Å². The van der Waals surface area contributed by atoms with E-state index in [9.17, 15) is 4.79 Å². The standard InChI is InChI=1S/C21H26N2O3/c1-25-19-4-2-3-18(13-19)16-7-5-15(6-8-16)14-23-21(24)20(22)17-9-11-26-12-10-17/h2-8,13,17,20H,9-12,14,22H2,1H3,(H,23,24). The van der Waals surface area contributed by atoms with Crippen LogP contribution in [0.25, 0.3) is 11.1 Å². The Labute approximate surface area is 154 Å². The normalized spacial score (nSPS) is 16.1. The van der Waals surface area contributed by atoms with Crippen molar-refractivity contribution in [3.8, 4) is 16.9 Å². The van der Waals surface area contributed by atoms with Crippen molar-refractivity contribution in [1.82, 2.24) is 5.32 Å². The van der Waals surface area contributed by atoms with E-state index in [2.05, 4.69) is 17.4 Å². The summed E-state index contributed by atoms with van der Waals surface area (Å²) in [6, 6.07) is 15.6. The van der Waals surface area contributed by atoms with Gasteiger partial charge in [0.15, 0.2) is 0 Å². The lowest BCUT2D eigenvalue weighted by Crippen LogP contribution is -2.46. The Morgan fingerprint density at radius 1 is 1.19 bits per heavy atom. The van der Waals surface area contributed by atoms with Crippen LogP contribution in [0.15, 0.2) is 48.5 Å². The molecule has 1 unspecified atom stereocenters. The summed E-state index contributed by atoms with van der Waals surface area (Å²) in [5.74, 6) is 0.953. The van der Waals surface area contributed by atoms with Gasteiger partial charge in [0.05, 0.1) is 13.2 Å². The summed E-state index contributed by atoms with van der Waals surface area (Å²) in [6.07, 6.45) is 1.70. The van der Waals surface area contributed by atoms with Gasteiger partial charge in [-0.25, -0.2) is 0 Å². The number of carbonyl (C=O) groups is 1. The van der Waals surface area contributed by atoms with E-state index < -0.39 is 6.04 Å². The molecule has 0 saturated carbocycles. The first-order valence-electron chi connectivity index (χ1n) is 9.02. The molecule has 1 aliphatic heterocycles. The number of methoxy groups -OCH3 is 1. The molecular weight excluding hydrogens is 328 g/mol. The molecule has 1 saturated heterocycles. The molecule has 1 atom stereocenters. The van der Waals surface area contributed by atoms with Gasteiger partial charge in [0, 0.05) is 19.8 Å². The quantitative estimate of drug-likeness (QED) is 0.837. The van der Waals surface area contributed by atoms with Crippen molar-refractivity contribution in [3.63, 3.8) is 0 Å². The molecule has 0 radical (unpaired) electrons. The second-order valence-electron chi connectivity index (χ2n) is 6.62. The number of benzene rings is 2. The molecule has 138 valence electrons. The minimum atomic E-state index is -0.463. The number of carbonyl (C=O) groups excluding carboxylic acids is 1. The molecule has 1 amide bonds. The molecule has 2 aromatic carbocycles. The van der Waals surface area contributed by atoms with E-state index in [1.54, 1.807) is 7.11 Å². The summed E-state index contributed by atoms with van der Waals surface area (Å²) in [5.41, 5.74) is 9.36. The van der Waals surface area contributed by atoms with Crippen LogP contribution in [-0.4, -0.2) is 32.3 Å². The number of nitrogens with two attached hydrogens (primary N) is 1. The maximum absolute atomic E-state index is 12.3. The van der Waals surface area contributed by atoms with Gasteiger partial charge in [0.1, 0.15) is 5.75 Å². The van der Waals surface area contributed by atoms with Crippen LogP contribution in [0, 0.1) is 5.92 Å². The van der Waals surface area contributed by atoms with Crippen LogP contribution < -0.4 is 15.8 Å². The fourth-order valence-electron chi connectivity index (χ4n) is 3.21. The van der Waals surface area contributed by atoms with E-state index >= 15 is 0 Å². The molecule has 2 aromatic rings. The third-order valence-electron chi connectivity index (χ3n) is 4.90. The van der Waals surface area contributed by atoms with Crippen molar-refractivity contribution >= 4 is 5.91 Å². The van der Waals surface area contributed by atoms with Crippen molar-refractivity contribution in [3.05, 3.63) is 54.1 Å². The van der Waals surface area contributed by atoms with Crippen LogP contribution >= 0.6 is 0 Å². The van der Waals surface area contributed by atoms with Gasteiger partial charge in [0.25, 0.3) is 0 Å². The lowest BCUT2D eigenvalue weighted by molar-refractivity contribution is -0.124. The molecule has 3 rings (SSSR count). The predicted molar refractivity (Wildman–Crippen MR) is 102 cm³/mol. The summed E-state index contributed by atoms with van der Waals surface area (Å²) in [4.78, 5) is 12.3. The number of hydrogen-bond acceptors (Lipinski definition) is 4. The molecular formula is C21H26N2O3. The van der Waals surface area contributed by atoms with Crippen molar-refractivity contribution < 1.29 is 14.3 Å².